The van der Waals surface area contributed by atoms with Gasteiger partial charge in [-0.05, 0) is 31.5 Å². The maximum Gasteiger partial charge on any atom is 0.241 e. The molecule has 1 aromatic rings. The fourth-order valence-electron chi connectivity index (χ4n) is 1.78. The first-order chi connectivity index (χ1) is 9.58. The summed E-state index contributed by atoms with van der Waals surface area (Å²) < 4.78 is 0. The molecule has 0 fully saturated rings. The van der Waals surface area contributed by atoms with Crippen molar-refractivity contribution in [3.8, 4) is 0 Å². The van der Waals surface area contributed by atoms with Gasteiger partial charge in [0.1, 0.15) is 5.82 Å². The molecule has 1 aromatic heterocycles. The predicted octanol–water partition coefficient (Wildman–Crippen LogP) is 1.50. The molecule has 0 saturated heterocycles. The van der Waals surface area contributed by atoms with Crippen molar-refractivity contribution in [2.75, 3.05) is 38.6 Å². The van der Waals surface area contributed by atoms with E-state index in [-0.39, 0.29) is 5.91 Å². The number of aromatic nitrogens is 1. The van der Waals surface area contributed by atoms with Gasteiger partial charge in [0.15, 0.2) is 0 Å². The summed E-state index contributed by atoms with van der Waals surface area (Å²) in [7, 11) is 3.54. The minimum absolute atomic E-state index is 0.0855. The zero-order valence-electron chi connectivity index (χ0n) is 13.0. The van der Waals surface area contributed by atoms with E-state index >= 15 is 0 Å². The van der Waals surface area contributed by atoms with Crippen molar-refractivity contribution >= 4 is 11.7 Å². The van der Waals surface area contributed by atoms with E-state index in [1.165, 1.54) is 0 Å². The number of nitrogens with one attached hydrogen (secondary N) is 1. The highest BCUT2D eigenvalue weighted by atomic mass is 16.2. The van der Waals surface area contributed by atoms with Crippen LogP contribution < -0.4 is 10.2 Å². The van der Waals surface area contributed by atoms with Crippen LogP contribution in [0.3, 0.4) is 0 Å². The number of nitrogens with zero attached hydrogens (tertiary/aromatic N) is 3. The van der Waals surface area contributed by atoms with Gasteiger partial charge in [-0.2, -0.15) is 0 Å². The van der Waals surface area contributed by atoms with Crippen molar-refractivity contribution in [3.05, 3.63) is 23.9 Å². The molecule has 0 radical (unpaired) electrons. The first-order valence-corrected chi connectivity index (χ1v) is 7.19. The van der Waals surface area contributed by atoms with Crippen LogP contribution in [0.4, 0.5) is 5.82 Å². The molecule has 1 amide bonds. The number of likely N-dealkylation sites (N-methyl/N-ethyl adjacent to an activating group) is 2. The maximum absolute atomic E-state index is 11.8. The maximum atomic E-state index is 11.8. The fraction of sp³-hybridized carbons (Fsp3) is 0.600. The minimum Gasteiger partial charge on any atom is -0.348 e. The van der Waals surface area contributed by atoms with Crippen LogP contribution in [0.15, 0.2) is 18.3 Å². The highest BCUT2D eigenvalue weighted by Gasteiger charge is 2.12. The minimum atomic E-state index is 0.0855. The number of amides is 1. The average Bonchev–Trinajstić information content (AvgIpc) is 2.45. The van der Waals surface area contributed by atoms with Crippen LogP contribution in [0.1, 0.15) is 25.8 Å². The third kappa shape index (κ3) is 5.17. The van der Waals surface area contributed by atoms with Crippen LogP contribution in [0.25, 0.3) is 0 Å². The lowest BCUT2D eigenvalue weighted by atomic mass is 10.2. The summed E-state index contributed by atoms with van der Waals surface area (Å²) >= 11 is 0. The van der Waals surface area contributed by atoms with E-state index in [4.69, 9.17) is 0 Å². The molecule has 0 spiro atoms. The number of hydrogen-bond donors (Lipinski definition) is 1. The van der Waals surface area contributed by atoms with Gasteiger partial charge in [-0.3, -0.25) is 4.79 Å². The lowest BCUT2D eigenvalue weighted by Crippen LogP contribution is -2.37. The molecule has 1 rings (SSSR count). The van der Waals surface area contributed by atoms with Gasteiger partial charge in [0, 0.05) is 33.4 Å². The topological polar surface area (TPSA) is 48.5 Å². The van der Waals surface area contributed by atoms with Crippen LogP contribution >= 0.6 is 0 Å². The molecule has 20 heavy (non-hydrogen) atoms. The Kier molecular flexibility index (Phi) is 7.01. The van der Waals surface area contributed by atoms with Crippen molar-refractivity contribution in [1.82, 2.24) is 15.2 Å². The Morgan fingerprint density at radius 1 is 1.30 bits per heavy atom. The quantitative estimate of drug-likeness (QED) is 0.732. The molecule has 0 aliphatic carbocycles. The van der Waals surface area contributed by atoms with E-state index in [9.17, 15) is 4.79 Å². The lowest BCUT2D eigenvalue weighted by molar-refractivity contribution is -0.127. The SMILES string of the molecule is CCCNCc1ccc(N(CC)CC(=O)N(C)C)nc1. The van der Waals surface area contributed by atoms with Crippen LogP contribution in [-0.4, -0.2) is 49.5 Å². The van der Waals surface area contributed by atoms with Gasteiger partial charge in [0.2, 0.25) is 5.91 Å². The van der Waals surface area contributed by atoms with Crippen molar-refractivity contribution in [1.29, 1.82) is 0 Å². The summed E-state index contributed by atoms with van der Waals surface area (Å²) in [6, 6.07) is 4.04. The van der Waals surface area contributed by atoms with E-state index in [0.29, 0.717) is 6.54 Å². The largest absolute Gasteiger partial charge is 0.348 e. The molecule has 1 N–H and O–H groups in total. The van der Waals surface area contributed by atoms with Crippen molar-refractivity contribution in [3.63, 3.8) is 0 Å². The van der Waals surface area contributed by atoms with Gasteiger partial charge in [-0.1, -0.05) is 13.0 Å². The van der Waals surface area contributed by atoms with E-state index in [0.717, 1.165) is 37.4 Å². The van der Waals surface area contributed by atoms with Gasteiger partial charge in [0.05, 0.1) is 6.54 Å². The smallest absolute Gasteiger partial charge is 0.241 e. The third-order valence-corrected chi connectivity index (χ3v) is 3.10. The van der Waals surface area contributed by atoms with Crippen LogP contribution in [0, 0.1) is 0 Å². The molecule has 0 unspecified atom stereocenters. The zero-order chi connectivity index (χ0) is 15.0. The monoisotopic (exact) mass is 278 g/mol. The van der Waals surface area contributed by atoms with Gasteiger partial charge in [-0.15, -0.1) is 0 Å². The van der Waals surface area contributed by atoms with Crippen LogP contribution in [0.5, 0.6) is 0 Å². The first kappa shape index (κ1) is 16.4. The number of rotatable bonds is 8. The number of carbonyl (C=O) groups excluding carboxylic acids is 1. The molecule has 0 saturated carbocycles. The summed E-state index contributed by atoms with van der Waals surface area (Å²) in [5.41, 5.74) is 1.16. The van der Waals surface area contributed by atoms with Gasteiger partial charge in [0.25, 0.3) is 0 Å². The predicted molar refractivity (Wildman–Crippen MR) is 82.8 cm³/mol. The Labute approximate surface area is 122 Å². The van der Waals surface area contributed by atoms with Gasteiger partial charge >= 0.3 is 0 Å². The van der Waals surface area contributed by atoms with Crippen molar-refractivity contribution in [2.45, 2.75) is 26.8 Å². The Morgan fingerprint density at radius 2 is 2.05 bits per heavy atom. The van der Waals surface area contributed by atoms with Crippen molar-refractivity contribution in [2.24, 2.45) is 0 Å². The standard InChI is InChI=1S/C15H26N4O/c1-5-9-16-10-13-7-8-14(17-11-13)19(6-2)12-15(20)18(3)4/h7-8,11,16H,5-6,9-10,12H2,1-4H3. The molecule has 112 valence electrons. The molecule has 0 bridgehead atoms. The molecule has 0 aliphatic rings. The second kappa shape index (κ2) is 8.53. The summed E-state index contributed by atoms with van der Waals surface area (Å²) in [5.74, 6) is 0.935. The molecule has 5 heteroatoms. The first-order valence-electron chi connectivity index (χ1n) is 7.19. The molecular weight excluding hydrogens is 252 g/mol. The number of pyridine rings is 1. The molecule has 1 heterocycles. The Hall–Kier alpha value is -1.62. The molecule has 5 nitrogen and oxygen atoms in total. The Bertz CT molecular complexity index is 403. The van der Waals surface area contributed by atoms with Crippen molar-refractivity contribution < 1.29 is 4.79 Å². The average molecular weight is 278 g/mol. The normalized spacial score (nSPS) is 10.4. The molecule has 0 aliphatic heterocycles. The fourth-order valence-corrected chi connectivity index (χ4v) is 1.78. The zero-order valence-corrected chi connectivity index (χ0v) is 13.0. The van der Waals surface area contributed by atoms with E-state index in [1.807, 2.05) is 24.1 Å². The Balaban J connectivity index is 2.62. The summed E-state index contributed by atoms with van der Waals surface area (Å²) in [6.45, 7) is 7.16. The van der Waals surface area contributed by atoms with Crippen LogP contribution in [0.2, 0.25) is 0 Å². The second-order valence-electron chi connectivity index (χ2n) is 5.00. The third-order valence-electron chi connectivity index (χ3n) is 3.10. The van der Waals surface area contributed by atoms with Gasteiger partial charge in [-0.25, -0.2) is 4.98 Å². The summed E-state index contributed by atoms with van der Waals surface area (Å²) in [4.78, 5) is 19.8. The second-order valence-corrected chi connectivity index (χ2v) is 5.00. The molecule has 0 aromatic carbocycles. The highest BCUT2D eigenvalue weighted by Crippen LogP contribution is 2.11. The summed E-state index contributed by atoms with van der Waals surface area (Å²) in [5, 5.41) is 3.35. The van der Waals surface area contributed by atoms with Crippen LogP contribution in [-0.2, 0) is 11.3 Å². The Morgan fingerprint density at radius 3 is 2.55 bits per heavy atom. The van der Waals surface area contributed by atoms with E-state index in [1.54, 1.807) is 19.0 Å². The lowest BCUT2D eigenvalue weighted by Gasteiger charge is -2.23. The van der Waals surface area contributed by atoms with E-state index in [2.05, 4.69) is 23.3 Å². The summed E-state index contributed by atoms with van der Waals surface area (Å²) in [6.07, 6.45) is 3.00. The number of anilines is 1. The molecule has 0 atom stereocenters. The highest BCUT2D eigenvalue weighted by molar-refractivity contribution is 5.80. The molecular formula is C15H26N4O. The van der Waals surface area contributed by atoms with E-state index < -0.39 is 0 Å². The van der Waals surface area contributed by atoms with Gasteiger partial charge < -0.3 is 15.1 Å². The number of hydrogen-bond acceptors (Lipinski definition) is 4. The number of carbonyl (C=O) groups is 1.